The summed E-state index contributed by atoms with van der Waals surface area (Å²) in [6, 6.07) is 4.64. The number of hydrogen-bond donors (Lipinski definition) is 2. The smallest absolute Gasteiger partial charge is 0.335 e. The number of carboxylic acids is 1. The summed E-state index contributed by atoms with van der Waals surface area (Å²) >= 11 is 1.25. The van der Waals surface area contributed by atoms with E-state index in [-0.39, 0.29) is 24.4 Å². The van der Waals surface area contributed by atoms with Crippen molar-refractivity contribution in [1.29, 1.82) is 0 Å². The summed E-state index contributed by atoms with van der Waals surface area (Å²) in [7, 11) is 0. The van der Waals surface area contributed by atoms with Gasteiger partial charge in [0.2, 0.25) is 5.91 Å². The van der Waals surface area contributed by atoms with Crippen LogP contribution in [0.1, 0.15) is 16.8 Å². The molecular formula is C12H10N2O4S. The van der Waals surface area contributed by atoms with Crippen LogP contribution >= 0.6 is 11.3 Å². The molecule has 1 aliphatic heterocycles. The number of carboxylic acid groups (broad SMARTS) is 1. The number of β-amino-alcohol motifs (C(OH)–C–C–N with tert-alkyl or cyclic N) is 1. The molecular weight excluding hydrogens is 268 g/mol. The average Bonchev–Trinajstić information content (AvgIpc) is 2.90. The molecule has 0 saturated carbocycles. The Balaban J connectivity index is 2.02. The third-order valence-corrected chi connectivity index (χ3v) is 4.00. The molecule has 1 unspecified atom stereocenters. The number of anilines is 1. The van der Waals surface area contributed by atoms with Crippen molar-refractivity contribution in [3.63, 3.8) is 0 Å². The lowest BCUT2D eigenvalue weighted by atomic mass is 10.2. The largest absolute Gasteiger partial charge is 0.478 e. The van der Waals surface area contributed by atoms with E-state index in [1.807, 2.05) is 0 Å². The van der Waals surface area contributed by atoms with Crippen molar-refractivity contribution >= 4 is 38.6 Å². The van der Waals surface area contributed by atoms with Crippen molar-refractivity contribution < 1.29 is 19.8 Å². The SMILES string of the molecule is O=C(O)c1ccc2nc(N3CC(O)CC3=O)sc2c1. The normalized spacial score (nSPS) is 19.3. The van der Waals surface area contributed by atoms with Gasteiger partial charge in [-0.25, -0.2) is 9.78 Å². The minimum Gasteiger partial charge on any atom is -0.478 e. The van der Waals surface area contributed by atoms with E-state index in [4.69, 9.17) is 5.11 Å². The number of benzene rings is 1. The zero-order valence-electron chi connectivity index (χ0n) is 9.74. The molecule has 7 heteroatoms. The van der Waals surface area contributed by atoms with Crippen LogP contribution in [-0.4, -0.2) is 39.7 Å². The third kappa shape index (κ3) is 2.06. The Morgan fingerprint density at radius 2 is 2.26 bits per heavy atom. The van der Waals surface area contributed by atoms with Crippen molar-refractivity contribution in [2.75, 3.05) is 11.4 Å². The second kappa shape index (κ2) is 4.29. The molecule has 2 heterocycles. The number of thiazole rings is 1. The van der Waals surface area contributed by atoms with Crippen LogP contribution in [0.5, 0.6) is 0 Å². The van der Waals surface area contributed by atoms with E-state index in [0.29, 0.717) is 15.3 Å². The standard InChI is InChI=1S/C12H10N2O4S/c15-7-4-10(16)14(5-7)12-13-8-2-1-6(11(17)18)3-9(8)19-12/h1-3,7,15H,4-5H2,(H,17,18). The van der Waals surface area contributed by atoms with E-state index in [1.54, 1.807) is 6.07 Å². The Morgan fingerprint density at radius 1 is 1.47 bits per heavy atom. The Hall–Kier alpha value is -1.99. The molecule has 0 aliphatic carbocycles. The maximum atomic E-state index is 11.7. The molecule has 1 atom stereocenters. The van der Waals surface area contributed by atoms with Crippen LogP contribution in [0.4, 0.5) is 5.13 Å². The Kier molecular flexibility index (Phi) is 2.72. The van der Waals surface area contributed by atoms with Gasteiger partial charge in [0.25, 0.3) is 0 Å². The fourth-order valence-electron chi connectivity index (χ4n) is 2.03. The van der Waals surface area contributed by atoms with Crippen LogP contribution in [0.3, 0.4) is 0 Å². The predicted octanol–water partition coefficient (Wildman–Crippen LogP) is 1.09. The number of aliphatic hydroxyl groups is 1. The number of hydrogen-bond acceptors (Lipinski definition) is 5. The van der Waals surface area contributed by atoms with Gasteiger partial charge in [0.15, 0.2) is 5.13 Å². The van der Waals surface area contributed by atoms with Crippen LogP contribution < -0.4 is 4.90 Å². The Morgan fingerprint density at radius 3 is 2.89 bits per heavy atom. The summed E-state index contributed by atoms with van der Waals surface area (Å²) in [4.78, 5) is 28.3. The molecule has 98 valence electrons. The molecule has 1 amide bonds. The highest BCUT2D eigenvalue weighted by Gasteiger charge is 2.31. The number of rotatable bonds is 2. The predicted molar refractivity (Wildman–Crippen MR) is 69.6 cm³/mol. The Labute approximate surface area is 111 Å². The number of carbonyl (C=O) groups excluding carboxylic acids is 1. The fourth-order valence-corrected chi connectivity index (χ4v) is 3.07. The van der Waals surface area contributed by atoms with Gasteiger partial charge in [-0.3, -0.25) is 9.69 Å². The number of nitrogens with zero attached hydrogens (tertiary/aromatic N) is 2. The second-order valence-corrected chi connectivity index (χ2v) is 5.36. The summed E-state index contributed by atoms with van der Waals surface area (Å²) in [5, 5.41) is 18.9. The summed E-state index contributed by atoms with van der Waals surface area (Å²) < 4.78 is 0.712. The quantitative estimate of drug-likeness (QED) is 0.858. The molecule has 1 saturated heterocycles. The number of amides is 1. The lowest BCUT2D eigenvalue weighted by molar-refractivity contribution is -0.117. The molecule has 19 heavy (non-hydrogen) atoms. The first-order valence-corrected chi connectivity index (χ1v) is 6.48. The van der Waals surface area contributed by atoms with Gasteiger partial charge in [0, 0.05) is 0 Å². The first-order valence-electron chi connectivity index (χ1n) is 5.67. The molecule has 0 bridgehead atoms. The van der Waals surface area contributed by atoms with Crippen LogP contribution in [0.25, 0.3) is 10.2 Å². The van der Waals surface area contributed by atoms with Crippen molar-refractivity contribution in [3.8, 4) is 0 Å². The minimum atomic E-state index is -0.996. The molecule has 0 spiro atoms. The molecule has 6 nitrogen and oxygen atoms in total. The molecule has 2 aromatic rings. The highest BCUT2D eigenvalue weighted by Crippen LogP contribution is 2.31. The topological polar surface area (TPSA) is 90.7 Å². The second-order valence-electron chi connectivity index (χ2n) is 4.35. The van der Waals surface area contributed by atoms with Gasteiger partial charge in [-0.2, -0.15) is 0 Å². The Bertz CT molecular complexity index is 681. The molecule has 1 fully saturated rings. The van der Waals surface area contributed by atoms with E-state index in [1.165, 1.54) is 28.4 Å². The third-order valence-electron chi connectivity index (χ3n) is 2.96. The molecule has 3 rings (SSSR count). The lowest BCUT2D eigenvalue weighted by Gasteiger charge is -2.10. The maximum Gasteiger partial charge on any atom is 0.335 e. The van der Waals surface area contributed by atoms with Crippen LogP contribution in [0.2, 0.25) is 0 Å². The number of aliphatic hydroxyl groups excluding tert-OH is 1. The first kappa shape index (κ1) is 12.1. The van der Waals surface area contributed by atoms with E-state index in [9.17, 15) is 14.7 Å². The van der Waals surface area contributed by atoms with Crippen molar-refractivity contribution in [2.24, 2.45) is 0 Å². The van der Waals surface area contributed by atoms with E-state index in [0.717, 1.165) is 0 Å². The van der Waals surface area contributed by atoms with Gasteiger partial charge >= 0.3 is 5.97 Å². The number of aromatic nitrogens is 1. The van der Waals surface area contributed by atoms with Crippen LogP contribution in [0.15, 0.2) is 18.2 Å². The van der Waals surface area contributed by atoms with E-state index in [2.05, 4.69) is 4.98 Å². The van der Waals surface area contributed by atoms with Gasteiger partial charge in [0.05, 0.1) is 34.8 Å². The maximum absolute atomic E-state index is 11.7. The number of aromatic carboxylic acids is 1. The van der Waals surface area contributed by atoms with Crippen molar-refractivity contribution in [3.05, 3.63) is 23.8 Å². The van der Waals surface area contributed by atoms with Gasteiger partial charge in [-0.05, 0) is 18.2 Å². The van der Waals surface area contributed by atoms with Gasteiger partial charge in [-0.1, -0.05) is 11.3 Å². The van der Waals surface area contributed by atoms with Crippen LogP contribution in [-0.2, 0) is 4.79 Å². The zero-order valence-corrected chi connectivity index (χ0v) is 10.6. The highest BCUT2D eigenvalue weighted by molar-refractivity contribution is 7.22. The molecule has 1 aliphatic rings. The van der Waals surface area contributed by atoms with Crippen molar-refractivity contribution in [1.82, 2.24) is 4.98 Å². The molecule has 2 N–H and O–H groups in total. The average molecular weight is 278 g/mol. The fraction of sp³-hybridized carbons (Fsp3) is 0.250. The van der Waals surface area contributed by atoms with Crippen LogP contribution in [0, 0.1) is 0 Å². The summed E-state index contributed by atoms with van der Waals surface area (Å²) in [6.45, 7) is 0.241. The highest BCUT2D eigenvalue weighted by atomic mass is 32.1. The van der Waals surface area contributed by atoms with Gasteiger partial charge < -0.3 is 10.2 Å². The summed E-state index contributed by atoms with van der Waals surface area (Å²) in [6.07, 6.45) is -0.551. The van der Waals surface area contributed by atoms with Crippen molar-refractivity contribution in [2.45, 2.75) is 12.5 Å². The summed E-state index contributed by atoms with van der Waals surface area (Å²) in [5.74, 6) is -1.16. The van der Waals surface area contributed by atoms with E-state index >= 15 is 0 Å². The first-order chi connectivity index (χ1) is 9.04. The summed E-state index contributed by atoms with van der Waals surface area (Å²) in [5.41, 5.74) is 0.842. The van der Waals surface area contributed by atoms with Gasteiger partial charge in [0.1, 0.15) is 0 Å². The monoisotopic (exact) mass is 278 g/mol. The molecule has 1 aromatic carbocycles. The number of carbonyl (C=O) groups is 2. The minimum absolute atomic E-state index is 0.107. The molecule has 0 radical (unpaired) electrons. The zero-order chi connectivity index (χ0) is 13.6. The van der Waals surface area contributed by atoms with Gasteiger partial charge in [-0.15, -0.1) is 0 Å². The molecule has 1 aromatic heterocycles. The number of fused-ring (bicyclic) bond motifs is 1. The van der Waals surface area contributed by atoms with E-state index < -0.39 is 12.1 Å². The lowest BCUT2D eigenvalue weighted by Crippen LogP contribution is -2.24.